The highest BCUT2D eigenvalue weighted by molar-refractivity contribution is 5.86. The molecule has 0 radical (unpaired) electrons. The fraction of sp³-hybridized carbons (Fsp3) is 0.727. The summed E-state index contributed by atoms with van der Waals surface area (Å²) in [4.78, 5) is 11.1. The summed E-state index contributed by atoms with van der Waals surface area (Å²) in [5.74, 6) is -0.996. The molecule has 1 atom stereocenters. The number of rotatable bonds is 10. The van der Waals surface area contributed by atoms with E-state index in [9.17, 15) is 31.1 Å². The second-order valence-corrected chi connectivity index (χ2v) is 3.97. The minimum absolute atomic E-state index is 0.0824. The molecule has 1 unspecified atom stereocenters. The zero-order valence-electron chi connectivity index (χ0n) is 11.0. The van der Waals surface area contributed by atoms with Gasteiger partial charge >= 0.3 is 18.2 Å². The van der Waals surface area contributed by atoms with Crippen molar-refractivity contribution in [3.8, 4) is 0 Å². The first-order valence-corrected chi connectivity index (χ1v) is 5.55. The number of carbonyl (C=O) groups excluding carboxylic acids is 1. The van der Waals surface area contributed by atoms with Gasteiger partial charge in [-0.1, -0.05) is 6.58 Å². The fourth-order valence-corrected chi connectivity index (χ4v) is 0.937. The van der Waals surface area contributed by atoms with Gasteiger partial charge in [0.25, 0.3) is 0 Å². The molecular formula is C11H14F6O4. The molecule has 0 amide bonds. The topological polar surface area (TPSA) is 44.8 Å². The maximum absolute atomic E-state index is 12.7. The van der Waals surface area contributed by atoms with Crippen molar-refractivity contribution in [1.82, 2.24) is 0 Å². The Hall–Kier alpha value is -1.29. The van der Waals surface area contributed by atoms with Gasteiger partial charge in [-0.2, -0.15) is 17.6 Å². The third-order valence-corrected chi connectivity index (χ3v) is 1.88. The molecule has 0 spiro atoms. The first kappa shape index (κ1) is 19.7. The van der Waals surface area contributed by atoms with Crippen LogP contribution in [-0.2, 0) is 19.0 Å². The highest BCUT2D eigenvalue weighted by Gasteiger charge is 2.37. The third kappa shape index (κ3) is 8.56. The van der Waals surface area contributed by atoms with E-state index in [0.29, 0.717) is 0 Å². The van der Waals surface area contributed by atoms with Crippen molar-refractivity contribution in [3.63, 3.8) is 0 Å². The van der Waals surface area contributed by atoms with E-state index in [4.69, 9.17) is 0 Å². The number of esters is 1. The molecule has 0 aromatic rings. The highest BCUT2D eigenvalue weighted by atomic mass is 19.3. The maximum Gasteiger partial charge on any atom is 0.384 e. The van der Waals surface area contributed by atoms with Crippen LogP contribution in [0.15, 0.2) is 12.2 Å². The number of halogens is 6. The number of hydrogen-bond donors (Lipinski definition) is 0. The molecule has 0 aromatic carbocycles. The molecule has 0 bridgehead atoms. The van der Waals surface area contributed by atoms with Crippen LogP contribution < -0.4 is 0 Å². The summed E-state index contributed by atoms with van der Waals surface area (Å²) >= 11 is 0. The van der Waals surface area contributed by atoms with Crippen molar-refractivity contribution in [3.05, 3.63) is 12.2 Å². The van der Waals surface area contributed by atoms with Crippen LogP contribution in [0.5, 0.6) is 0 Å². The molecule has 0 aliphatic heterocycles. The number of ether oxygens (including phenoxy) is 3. The quantitative estimate of drug-likeness (QED) is 0.352. The molecule has 10 heteroatoms. The van der Waals surface area contributed by atoms with Gasteiger partial charge in [0.1, 0.15) is 12.7 Å². The number of carbonyl (C=O) groups is 1. The Bertz CT molecular complexity index is 361. The van der Waals surface area contributed by atoms with Crippen LogP contribution in [0.3, 0.4) is 0 Å². The maximum atomic E-state index is 12.7. The first-order valence-electron chi connectivity index (χ1n) is 5.55. The van der Waals surface area contributed by atoms with Crippen LogP contribution in [0, 0.1) is 0 Å². The summed E-state index contributed by atoms with van der Waals surface area (Å²) in [6, 6.07) is 0. The molecular weight excluding hydrogens is 310 g/mol. The van der Waals surface area contributed by atoms with Crippen LogP contribution >= 0.6 is 0 Å². The fourth-order valence-electron chi connectivity index (χ4n) is 0.937. The van der Waals surface area contributed by atoms with Gasteiger partial charge < -0.3 is 14.2 Å². The molecule has 0 aromatic heterocycles. The van der Waals surface area contributed by atoms with Gasteiger partial charge in [-0.15, -0.1) is 0 Å². The number of alkyl halides is 6. The van der Waals surface area contributed by atoms with E-state index in [-0.39, 0.29) is 5.57 Å². The van der Waals surface area contributed by atoms with E-state index in [1.165, 1.54) is 6.92 Å². The van der Waals surface area contributed by atoms with E-state index in [0.717, 1.165) is 0 Å². The molecule has 124 valence electrons. The van der Waals surface area contributed by atoms with E-state index < -0.39 is 50.9 Å². The van der Waals surface area contributed by atoms with Crippen molar-refractivity contribution in [1.29, 1.82) is 0 Å². The zero-order chi connectivity index (χ0) is 16.7. The minimum atomic E-state index is -4.28. The standard InChI is InChI=1S/C11H14F6O4/c1-7(2)9(18)19-3-8(21-11(16,17)6-13)4-20-10(14,15)5-12/h8H,1,3-6H2,2H3. The van der Waals surface area contributed by atoms with Crippen LogP contribution in [-0.4, -0.2) is 50.9 Å². The van der Waals surface area contributed by atoms with Gasteiger partial charge in [-0.25, -0.2) is 13.6 Å². The second kappa shape index (κ2) is 8.23. The Morgan fingerprint density at radius 3 is 2.05 bits per heavy atom. The SMILES string of the molecule is C=C(C)C(=O)OCC(COC(F)(F)CF)OC(F)(F)CF. The molecule has 0 saturated heterocycles. The predicted octanol–water partition coefficient (Wildman–Crippen LogP) is 2.63. The van der Waals surface area contributed by atoms with Gasteiger partial charge in [0.15, 0.2) is 13.3 Å². The summed E-state index contributed by atoms with van der Waals surface area (Å²) in [7, 11) is 0. The third-order valence-electron chi connectivity index (χ3n) is 1.88. The molecule has 0 aliphatic rings. The average molecular weight is 324 g/mol. The average Bonchev–Trinajstić information content (AvgIpc) is 2.41. The Morgan fingerprint density at radius 2 is 1.62 bits per heavy atom. The largest absolute Gasteiger partial charge is 0.459 e. The lowest BCUT2D eigenvalue weighted by molar-refractivity contribution is -0.306. The molecule has 0 heterocycles. The first-order chi connectivity index (χ1) is 9.53. The predicted molar refractivity (Wildman–Crippen MR) is 58.4 cm³/mol. The molecule has 0 rings (SSSR count). The lowest BCUT2D eigenvalue weighted by atomic mass is 10.3. The smallest absolute Gasteiger partial charge is 0.384 e. The Kier molecular flexibility index (Phi) is 7.72. The van der Waals surface area contributed by atoms with Crippen LogP contribution in [0.4, 0.5) is 26.3 Å². The Morgan fingerprint density at radius 1 is 1.10 bits per heavy atom. The van der Waals surface area contributed by atoms with Crippen molar-refractivity contribution in [2.75, 3.05) is 26.6 Å². The summed E-state index contributed by atoms with van der Waals surface area (Å²) in [5, 5.41) is 0. The molecule has 0 fully saturated rings. The van der Waals surface area contributed by atoms with Gasteiger partial charge in [0, 0.05) is 5.57 Å². The molecule has 0 N–H and O–H groups in total. The van der Waals surface area contributed by atoms with Gasteiger partial charge in [-0.3, -0.25) is 0 Å². The highest BCUT2D eigenvalue weighted by Crippen LogP contribution is 2.21. The van der Waals surface area contributed by atoms with Crippen molar-refractivity contribution >= 4 is 5.97 Å². The van der Waals surface area contributed by atoms with E-state index in [1.54, 1.807) is 0 Å². The van der Waals surface area contributed by atoms with E-state index in [2.05, 4.69) is 20.8 Å². The summed E-state index contributed by atoms with van der Waals surface area (Å²) in [6.45, 7) is -2.13. The van der Waals surface area contributed by atoms with Crippen molar-refractivity contribution in [2.24, 2.45) is 0 Å². The van der Waals surface area contributed by atoms with Crippen molar-refractivity contribution < 1.29 is 45.3 Å². The van der Waals surface area contributed by atoms with Gasteiger partial charge in [0.05, 0.1) is 6.61 Å². The molecule has 21 heavy (non-hydrogen) atoms. The van der Waals surface area contributed by atoms with E-state index >= 15 is 0 Å². The monoisotopic (exact) mass is 324 g/mol. The summed E-state index contributed by atoms with van der Waals surface area (Å²) < 4.78 is 86.2. The van der Waals surface area contributed by atoms with Crippen LogP contribution in [0.25, 0.3) is 0 Å². The van der Waals surface area contributed by atoms with E-state index in [1.807, 2.05) is 0 Å². The lowest BCUT2D eigenvalue weighted by Gasteiger charge is -2.24. The summed E-state index contributed by atoms with van der Waals surface area (Å²) in [5.41, 5.74) is -0.0824. The Labute approximate surface area is 116 Å². The minimum Gasteiger partial charge on any atom is -0.459 e. The Balaban J connectivity index is 4.62. The number of hydrogen-bond acceptors (Lipinski definition) is 4. The normalized spacial score (nSPS) is 13.9. The molecule has 0 saturated carbocycles. The lowest BCUT2D eigenvalue weighted by Crippen LogP contribution is -2.39. The second-order valence-electron chi connectivity index (χ2n) is 3.97. The van der Waals surface area contributed by atoms with Gasteiger partial charge in [0.2, 0.25) is 0 Å². The van der Waals surface area contributed by atoms with Crippen molar-refractivity contribution in [2.45, 2.75) is 25.2 Å². The van der Waals surface area contributed by atoms with Crippen LogP contribution in [0.2, 0.25) is 0 Å². The summed E-state index contributed by atoms with van der Waals surface area (Å²) in [6.07, 6.45) is -10.4. The molecule has 0 aliphatic carbocycles. The van der Waals surface area contributed by atoms with Crippen LogP contribution in [0.1, 0.15) is 6.92 Å². The van der Waals surface area contributed by atoms with Gasteiger partial charge in [-0.05, 0) is 6.92 Å². The zero-order valence-corrected chi connectivity index (χ0v) is 11.0. The molecule has 4 nitrogen and oxygen atoms in total.